The molecule has 2 aromatic rings. The van der Waals surface area contributed by atoms with E-state index in [0.29, 0.717) is 22.3 Å². The lowest BCUT2D eigenvalue weighted by molar-refractivity contribution is -0.117. The lowest BCUT2D eigenvalue weighted by atomic mass is 9.98. The van der Waals surface area contributed by atoms with Crippen LogP contribution >= 0.6 is 22.7 Å². The molecule has 0 aliphatic heterocycles. The fourth-order valence-electron chi connectivity index (χ4n) is 2.02. The SMILES string of the molecule is CCOC(=O)c1sc(N(C)C(=O)Cc2csc(C(C)(C)C)n2)nc1C. The van der Waals surface area contributed by atoms with E-state index in [9.17, 15) is 9.59 Å². The van der Waals surface area contributed by atoms with Crippen LogP contribution in [0.3, 0.4) is 0 Å². The molecule has 0 saturated heterocycles. The molecule has 2 rings (SSSR count). The molecule has 6 nitrogen and oxygen atoms in total. The van der Waals surface area contributed by atoms with E-state index in [1.807, 2.05) is 5.38 Å². The Morgan fingerprint density at radius 2 is 1.96 bits per heavy atom. The maximum absolute atomic E-state index is 12.5. The second-order valence-electron chi connectivity index (χ2n) is 6.65. The Balaban J connectivity index is 2.11. The summed E-state index contributed by atoms with van der Waals surface area (Å²) in [5.41, 5.74) is 1.30. The Kier molecular flexibility index (Phi) is 5.95. The first-order valence-corrected chi connectivity index (χ1v) is 9.69. The second-order valence-corrected chi connectivity index (χ2v) is 8.49. The van der Waals surface area contributed by atoms with Crippen LogP contribution < -0.4 is 4.90 Å². The van der Waals surface area contributed by atoms with Gasteiger partial charge in [-0.25, -0.2) is 14.8 Å². The van der Waals surface area contributed by atoms with Gasteiger partial charge in [-0.3, -0.25) is 9.69 Å². The number of nitrogens with zero attached hydrogens (tertiary/aromatic N) is 3. The van der Waals surface area contributed by atoms with Crippen LogP contribution in [0.15, 0.2) is 5.38 Å². The van der Waals surface area contributed by atoms with Crippen LogP contribution in [0.4, 0.5) is 5.13 Å². The number of amides is 1. The molecule has 0 aliphatic rings. The highest BCUT2D eigenvalue weighted by Gasteiger charge is 2.23. The summed E-state index contributed by atoms with van der Waals surface area (Å²) < 4.78 is 5.01. The van der Waals surface area contributed by atoms with Crippen molar-refractivity contribution in [1.82, 2.24) is 9.97 Å². The molecule has 8 heteroatoms. The standard InChI is InChI=1S/C17H23N3O3S2/c1-7-23-14(22)13-10(2)18-16(25-13)20(6)12(21)8-11-9-24-15(19-11)17(3,4)5/h9H,7-8H2,1-6H3. The van der Waals surface area contributed by atoms with E-state index < -0.39 is 5.97 Å². The molecule has 0 saturated carbocycles. The fraction of sp³-hybridized carbons (Fsp3) is 0.529. The number of aromatic nitrogens is 2. The van der Waals surface area contributed by atoms with Crippen molar-refractivity contribution >= 4 is 39.7 Å². The number of aryl methyl sites for hydroxylation is 1. The molecule has 0 atom stereocenters. The average molecular weight is 382 g/mol. The molecule has 0 aromatic carbocycles. The van der Waals surface area contributed by atoms with Crippen molar-refractivity contribution in [3.8, 4) is 0 Å². The fourth-order valence-corrected chi connectivity index (χ4v) is 3.87. The van der Waals surface area contributed by atoms with Gasteiger partial charge >= 0.3 is 5.97 Å². The van der Waals surface area contributed by atoms with Gasteiger partial charge in [0.15, 0.2) is 5.13 Å². The molecule has 0 aliphatic carbocycles. The Bertz CT molecular complexity index is 774. The molecule has 0 spiro atoms. The third-order valence-electron chi connectivity index (χ3n) is 3.43. The Labute approximate surface area is 155 Å². The monoisotopic (exact) mass is 381 g/mol. The van der Waals surface area contributed by atoms with Gasteiger partial charge in [-0.2, -0.15) is 0 Å². The van der Waals surface area contributed by atoms with Crippen molar-refractivity contribution in [3.05, 3.63) is 26.7 Å². The van der Waals surface area contributed by atoms with Crippen LogP contribution in [0, 0.1) is 6.92 Å². The quantitative estimate of drug-likeness (QED) is 0.740. The normalized spacial score (nSPS) is 11.4. The van der Waals surface area contributed by atoms with E-state index in [1.165, 1.54) is 16.2 Å². The van der Waals surface area contributed by atoms with E-state index in [0.717, 1.165) is 10.7 Å². The summed E-state index contributed by atoms with van der Waals surface area (Å²) in [6.07, 6.45) is 0.205. The number of hydrogen-bond acceptors (Lipinski definition) is 7. The van der Waals surface area contributed by atoms with Crippen molar-refractivity contribution in [2.75, 3.05) is 18.6 Å². The molecule has 0 fully saturated rings. The first-order chi connectivity index (χ1) is 11.6. The summed E-state index contributed by atoms with van der Waals surface area (Å²) in [5, 5.41) is 3.41. The lowest BCUT2D eigenvalue weighted by Gasteiger charge is -2.14. The molecular weight excluding hydrogens is 358 g/mol. The number of ether oxygens (including phenoxy) is 1. The molecule has 2 aromatic heterocycles. The minimum absolute atomic E-state index is 0.0289. The van der Waals surface area contributed by atoms with Gasteiger partial charge in [-0.15, -0.1) is 11.3 Å². The molecular formula is C17H23N3O3S2. The van der Waals surface area contributed by atoms with Gasteiger partial charge in [-0.05, 0) is 13.8 Å². The largest absolute Gasteiger partial charge is 0.462 e. The van der Waals surface area contributed by atoms with Crippen molar-refractivity contribution in [1.29, 1.82) is 0 Å². The highest BCUT2D eigenvalue weighted by atomic mass is 32.1. The maximum atomic E-state index is 12.5. The summed E-state index contributed by atoms with van der Waals surface area (Å²) in [6.45, 7) is 10.1. The zero-order valence-corrected chi connectivity index (χ0v) is 17.0. The Morgan fingerprint density at radius 1 is 1.28 bits per heavy atom. The first kappa shape index (κ1) is 19.5. The van der Waals surface area contributed by atoms with Gasteiger partial charge in [0.25, 0.3) is 0 Å². The number of carbonyl (C=O) groups excluding carboxylic acids is 2. The zero-order valence-electron chi connectivity index (χ0n) is 15.4. The minimum atomic E-state index is -0.404. The van der Waals surface area contributed by atoms with Crippen LogP contribution in [-0.4, -0.2) is 35.5 Å². The molecule has 1 amide bonds. The third kappa shape index (κ3) is 4.64. The predicted octanol–water partition coefficient (Wildman–Crippen LogP) is 3.59. The molecule has 0 bridgehead atoms. The number of rotatable bonds is 5. The number of thiazole rings is 2. The van der Waals surface area contributed by atoms with Crippen LogP contribution in [0.1, 0.15) is 53.8 Å². The van der Waals surface area contributed by atoms with Crippen LogP contribution in [0.2, 0.25) is 0 Å². The van der Waals surface area contributed by atoms with Gasteiger partial charge in [0.1, 0.15) is 4.88 Å². The Morgan fingerprint density at radius 3 is 2.52 bits per heavy atom. The topological polar surface area (TPSA) is 72.4 Å². The van der Waals surface area contributed by atoms with Gasteiger partial charge in [0.2, 0.25) is 5.91 Å². The van der Waals surface area contributed by atoms with Gasteiger partial charge in [0, 0.05) is 17.8 Å². The van der Waals surface area contributed by atoms with Gasteiger partial charge in [-0.1, -0.05) is 32.1 Å². The van der Waals surface area contributed by atoms with E-state index in [4.69, 9.17) is 4.74 Å². The third-order valence-corrected chi connectivity index (χ3v) is 5.96. The highest BCUT2D eigenvalue weighted by Crippen LogP contribution is 2.28. The zero-order chi connectivity index (χ0) is 18.8. The Hall–Kier alpha value is -1.80. The summed E-state index contributed by atoms with van der Waals surface area (Å²) in [5.74, 6) is -0.520. The van der Waals surface area contributed by atoms with Crippen LogP contribution in [0.25, 0.3) is 0 Å². The molecule has 0 radical (unpaired) electrons. The first-order valence-electron chi connectivity index (χ1n) is 7.99. The molecule has 0 N–H and O–H groups in total. The van der Waals surface area contributed by atoms with E-state index in [-0.39, 0.29) is 17.7 Å². The van der Waals surface area contributed by atoms with Crippen molar-refractivity contribution in [2.24, 2.45) is 0 Å². The van der Waals surface area contributed by atoms with Gasteiger partial charge < -0.3 is 4.74 Å². The van der Waals surface area contributed by atoms with Crippen molar-refractivity contribution in [2.45, 2.75) is 46.5 Å². The molecule has 2 heterocycles. The smallest absolute Gasteiger partial charge is 0.350 e. The summed E-state index contributed by atoms with van der Waals surface area (Å²) in [4.78, 5) is 35.2. The molecule has 136 valence electrons. The van der Waals surface area contributed by atoms with Crippen molar-refractivity contribution < 1.29 is 14.3 Å². The van der Waals surface area contributed by atoms with E-state index >= 15 is 0 Å². The molecule has 25 heavy (non-hydrogen) atoms. The highest BCUT2D eigenvalue weighted by molar-refractivity contribution is 7.17. The number of hydrogen-bond donors (Lipinski definition) is 0. The number of likely N-dealkylation sites (N-methyl/N-ethyl adjacent to an activating group) is 1. The van der Waals surface area contributed by atoms with E-state index in [2.05, 4.69) is 30.7 Å². The average Bonchev–Trinajstić information content (AvgIpc) is 3.13. The van der Waals surface area contributed by atoms with Crippen LogP contribution in [0.5, 0.6) is 0 Å². The predicted molar refractivity (Wildman–Crippen MR) is 101 cm³/mol. The van der Waals surface area contributed by atoms with Crippen molar-refractivity contribution in [3.63, 3.8) is 0 Å². The number of esters is 1. The number of anilines is 1. The summed E-state index contributed by atoms with van der Waals surface area (Å²) >= 11 is 2.73. The minimum Gasteiger partial charge on any atom is -0.462 e. The maximum Gasteiger partial charge on any atom is 0.350 e. The van der Waals surface area contributed by atoms with E-state index in [1.54, 1.807) is 32.2 Å². The van der Waals surface area contributed by atoms with Gasteiger partial charge in [0.05, 0.1) is 29.4 Å². The second kappa shape index (κ2) is 7.61. The van der Waals surface area contributed by atoms with Crippen LogP contribution in [-0.2, 0) is 21.4 Å². The lowest BCUT2D eigenvalue weighted by Crippen LogP contribution is -2.28. The number of carbonyl (C=O) groups is 2. The summed E-state index contributed by atoms with van der Waals surface area (Å²) in [6, 6.07) is 0. The molecule has 0 unspecified atom stereocenters. The summed E-state index contributed by atoms with van der Waals surface area (Å²) in [7, 11) is 1.66.